The highest BCUT2D eigenvalue weighted by atomic mass is 19.1. The van der Waals surface area contributed by atoms with Gasteiger partial charge in [-0.25, -0.2) is 4.39 Å². The number of amides is 1. The maximum atomic E-state index is 14.1. The Bertz CT molecular complexity index is 593. The van der Waals surface area contributed by atoms with Crippen LogP contribution in [0.3, 0.4) is 0 Å². The van der Waals surface area contributed by atoms with Gasteiger partial charge in [-0.3, -0.25) is 14.6 Å². The summed E-state index contributed by atoms with van der Waals surface area (Å²) in [4.78, 5) is 29.9. The van der Waals surface area contributed by atoms with Crippen LogP contribution in [0, 0.1) is 5.82 Å². The lowest BCUT2D eigenvalue weighted by Gasteiger charge is -2.30. The summed E-state index contributed by atoms with van der Waals surface area (Å²) in [6.07, 6.45) is 0.294. The molecule has 0 bridgehead atoms. The van der Waals surface area contributed by atoms with E-state index in [2.05, 4.69) is 9.83 Å². The standard InChI is InChI=1S/C13H14FN3O4/c1-13(6-20-5-12(15)16-13)10-4-9(2-3-11(10)14)17(7-18)21-8-19/h2-4,7-8H,5-6H2,1H3,(H2,15,16)/t13-/m0/s1. The number of ether oxygens (including phenoxy) is 1. The number of rotatable bonds is 5. The number of anilines is 1. The highest BCUT2D eigenvalue weighted by Gasteiger charge is 2.33. The van der Waals surface area contributed by atoms with Crippen LogP contribution in [-0.2, 0) is 24.7 Å². The van der Waals surface area contributed by atoms with Crippen molar-refractivity contribution in [3.05, 3.63) is 29.6 Å². The molecule has 0 saturated carbocycles. The molecule has 1 heterocycles. The third kappa shape index (κ3) is 3.00. The topological polar surface area (TPSA) is 94.2 Å². The summed E-state index contributed by atoms with van der Waals surface area (Å²) >= 11 is 0. The van der Waals surface area contributed by atoms with Gasteiger partial charge in [0.2, 0.25) is 6.41 Å². The molecule has 8 heteroatoms. The second kappa shape index (κ2) is 5.88. The van der Waals surface area contributed by atoms with Gasteiger partial charge < -0.3 is 15.3 Å². The first-order chi connectivity index (χ1) is 10.00. The molecule has 1 aromatic carbocycles. The summed E-state index contributed by atoms with van der Waals surface area (Å²) in [5.74, 6) is -0.273. The minimum Gasteiger partial charge on any atom is -0.386 e. The lowest BCUT2D eigenvalue weighted by atomic mass is 9.92. The Morgan fingerprint density at radius 2 is 2.29 bits per heavy atom. The average Bonchev–Trinajstić information content (AvgIpc) is 2.45. The van der Waals surface area contributed by atoms with E-state index in [1.54, 1.807) is 6.92 Å². The highest BCUT2D eigenvalue weighted by molar-refractivity contribution is 5.82. The van der Waals surface area contributed by atoms with E-state index in [0.717, 1.165) is 6.07 Å². The van der Waals surface area contributed by atoms with Crippen LogP contribution in [-0.4, -0.2) is 31.9 Å². The van der Waals surface area contributed by atoms with Crippen molar-refractivity contribution in [2.24, 2.45) is 10.7 Å². The van der Waals surface area contributed by atoms with Crippen molar-refractivity contribution in [1.29, 1.82) is 0 Å². The number of carbonyl (C=O) groups is 2. The molecular weight excluding hydrogens is 281 g/mol. The zero-order chi connectivity index (χ0) is 15.5. The molecule has 0 fully saturated rings. The molecule has 1 aliphatic heterocycles. The largest absolute Gasteiger partial charge is 0.386 e. The molecule has 0 aliphatic carbocycles. The minimum absolute atomic E-state index is 0.0962. The maximum absolute atomic E-state index is 14.1. The second-order valence-electron chi connectivity index (χ2n) is 4.67. The van der Waals surface area contributed by atoms with E-state index >= 15 is 0 Å². The Hall–Kier alpha value is -2.48. The van der Waals surface area contributed by atoms with E-state index in [-0.39, 0.29) is 36.8 Å². The molecule has 2 N–H and O–H groups in total. The van der Waals surface area contributed by atoms with E-state index in [4.69, 9.17) is 10.5 Å². The Morgan fingerprint density at radius 1 is 1.52 bits per heavy atom. The Balaban J connectivity index is 2.46. The van der Waals surface area contributed by atoms with Crippen LogP contribution in [0.4, 0.5) is 10.1 Å². The average molecular weight is 295 g/mol. The van der Waals surface area contributed by atoms with Crippen LogP contribution >= 0.6 is 0 Å². The van der Waals surface area contributed by atoms with Gasteiger partial charge >= 0.3 is 6.47 Å². The fourth-order valence-electron chi connectivity index (χ4n) is 2.13. The number of halogens is 1. The number of amidine groups is 1. The minimum atomic E-state index is -1.02. The monoisotopic (exact) mass is 295 g/mol. The lowest BCUT2D eigenvalue weighted by molar-refractivity contribution is -0.134. The van der Waals surface area contributed by atoms with Gasteiger partial charge in [0.15, 0.2) is 0 Å². The predicted octanol–water partition coefficient (Wildman–Crippen LogP) is 0.479. The van der Waals surface area contributed by atoms with E-state index in [1.165, 1.54) is 12.1 Å². The van der Waals surface area contributed by atoms with Gasteiger partial charge in [-0.05, 0) is 25.1 Å². The summed E-state index contributed by atoms with van der Waals surface area (Å²) in [5, 5.41) is 0.677. The Labute approximate surface area is 120 Å². The molecular formula is C13H14FN3O4. The van der Waals surface area contributed by atoms with E-state index in [0.29, 0.717) is 11.5 Å². The van der Waals surface area contributed by atoms with Crippen LogP contribution in [0.15, 0.2) is 23.2 Å². The van der Waals surface area contributed by atoms with Crippen LogP contribution < -0.4 is 10.8 Å². The van der Waals surface area contributed by atoms with Gasteiger partial charge in [0.25, 0.3) is 0 Å². The molecule has 1 aliphatic rings. The third-order valence-electron chi connectivity index (χ3n) is 3.06. The van der Waals surface area contributed by atoms with E-state index in [1.807, 2.05) is 0 Å². The van der Waals surface area contributed by atoms with Gasteiger partial charge in [-0.1, -0.05) is 0 Å². The zero-order valence-corrected chi connectivity index (χ0v) is 11.3. The van der Waals surface area contributed by atoms with Gasteiger partial charge in [-0.2, -0.15) is 0 Å². The Kier molecular flexibility index (Phi) is 4.18. The summed E-state index contributed by atoms with van der Waals surface area (Å²) in [7, 11) is 0. The molecule has 21 heavy (non-hydrogen) atoms. The molecule has 1 aromatic rings. The number of hydrogen-bond acceptors (Lipinski definition) is 6. The van der Waals surface area contributed by atoms with Crippen molar-refractivity contribution < 1.29 is 23.6 Å². The van der Waals surface area contributed by atoms with Gasteiger partial charge in [-0.15, -0.1) is 5.06 Å². The number of hydrogen-bond donors (Lipinski definition) is 1. The third-order valence-corrected chi connectivity index (χ3v) is 3.06. The SMILES string of the molecule is C[C@@]1(c2cc(N(C=O)OC=O)ccc2F)COCC(N)=N1. The molecule has 112 valence electrons. The van der Waals surface area contributed by atoms with Gasteiger partial charge in [0.05, 0.1) is 12.3 Å². The van der Waals surface area contributed by atoms with Crippen molar-refractivity contribution >= 4 is 24.4 Å². The number of carbonyl (C=O) groups excluding carboxylic acids is 2. The van der Waals surface area contributed by atoms with Crippen LogP contribution in [0.25, 0.3) is 0 Å². The zero-order valence-electron chi connectivity index (χ0n) is 11.3. The molecule has 0 spiro atoms. The maximum Gasteiger partial charge on any atom is 0.321 e. The molecule has 0 aromatic heterocycles. The second-order valence-corrected chi connectivity index (χ2v) is 4.67. The fourth-order valence-corrected chi connectivity index (χ4v) is 2.13. The first-order valence-electron chi connectivity index (χ1n) is 6.07. The van der Waals surface area contributed by atoms with Crippen LogP contribution in [0.2, 0.25) is 0 Å². The van der Waals surface area contributed by atoms with Crippen molar-refractivity contribution in [3.63, 3.8) is 0 Å². The molecule has 1 atom stereocenters. The number of nitrogens with zero attached hydrogens (tertiary/aromatic N) is 2. The molecule has 1 amide bonds. The normalized spacial score (nSPS) is 21.3. The van der Waals surface area contributed by atoms with Crippen molar-refractivity contribution in [2.75, 3.05) is 18.3 Å². The summed E-state index contributed by atoms with van der Waals surface area (Å²) in [5.41, 5.74) is 4.99. The smallest absolute Gasteiger partial charge is 0.321 e. The first-order valence-corrected chi connectivity index (χ1v) is 6.07. The predicted molar refractivity (Wildman–Crippen MR) is 71.9 cm³/mol. The number of aliphatic imine (C=N–C) groups is 1. The lowest BCUT2D eigenvalue weighted by Crippen LogP contribution is -2.38. The fraction of sp³-hybridized carbons (Fsp3) is 0.308. The van der Waals surface area contributed by atoms with Crippen LogP contribution in [0.1, 0.15) is 12.5 Å². The van der Waals surface area contributed by atoms with Crippen molar-refractivity contribution in [2.45, 2.75) is 12.5 Å². The van der Waals surface area contributed by atoms with Gasteiger partial charge in [0, 0.05) is 5.56 Å². The number of benzene rings is 1. The van der Waals surface area contributed by atoms with Crippen molar-refractivity contribution in [3.8, 4) is 0 Å². The van der Waals surface area contributed by atoms with Gasteiger partial charge in [0.1, 0.15) is 23.8 Å². The molecule has 0 radical (unpaired) electrons. The molecule has 0 unspecified atom stereocenters. The molecule has 7 nitrogen and oxygen atoms in total. The molecule has 0 saturated heterocycles. The summed E-state index contributed by atoms with van der Waals surface area (Å²) in [6.45, 7) is 2.08. The quantitative estimate of drug-likeness (QED) is 0.630. The van der Waals surface area contributed by atoms with E-state index < -0.39 is 11.4 Å². The summed E-state index contributed by atoms with van der Waals surface area (Å²) < 4.78 is 19.4. The van der Waals surface area contributed by atoms with Crippen LogP contribution in [0.5, 0.6) is 0 Å². The number of hydroxylamine groups is 1. The molecule has 2 rings (SSSR count). The first kappa shape index (κ1) is 14.9. The number of nitrogens with two attached hydrogens (primary N) is 1. The Morgan fingerprint density at radius 3 is 2.90 bits per heavy atom. The van der Waals surface area contributed by atoms with Crippen molar-refractivity contribution in [1.82, 2.24) is 0 Å². The van der Waals surface area contributed by atoms with E-state index in [9.17, 15) is 14.0 Å². The summed E-state index contributed by atoms with van der Waals surface area (Å²) in [6, 6.07) is 3.82. The highest BCUT2D eigenvalue weighted by Crippen LogP contribution is 2.32.